The number of carbonyl (C=O) groups excluding carboxylic acids is 3. The van der Waals surface area contributed by atoms with Gasteiger partial charge in [0.15, 0.2) is 6.61 Å². The molecule has 2 aromatic carbocycles. The Morgan fingerprint density at radius 1 is 0.906 bits per heavy atom. The van der Waals surface area contributed by atoms with Crippen LogP contribution in [0.2, 0.25) is 0 Å². The monoisotopic (exact) mass is 443 g/mol. The summed E-state index contributed by atoms with van der Waals surface area (Å²) in [6, 6.07) is 15.1. The SMILES string of the molecule is COC(=O)C(CC(C)C)NC(=O)COC(=O)c1ccccc1OCCOc1ccccc1. The van der Waals surface area contributed by atoms with Crippen molar-refractivity contribution in [2.45, 2.75) is 26.3 Å². The Labute approximate surface area is 187 Å². The number of benzene rings is 2. The Hall–Kier alpha value is -3.55. The van der Waals surface area contributed by atoms with Crippen molar-refractivity contribution in [2.75, 3.05) is 26.9 Å². The van der Waals surface area contributed by atoms with E-state index in [1.165, 1.54) is 7.11 Å². The highest BCUT2D eigenvalue weighted by Gasteiger charge is 2.23. The fourth-order valence-corrected chi connectivity index (χ4v) is 2.86. The van der Waals surface area contributed by atoms with Crippen LogP contribution in [0.15, 0.2) is 54.6 Å². The van der Waals surface area contributed by atoms with Crippen molar-refractivity contribution < 1.29 is 33.3 Å². The van der Waals surface area contributed by atoms with E-state index < -0.39 is 30.5 Å². The standard InChI is InChI=1S/C24H29NO7/c1-17(2)15-20(24(28)29-3)25-22(26)16-32-23(27)19-11-7-8-12-21(19)31-14-13-30-18-9-5-4-6-10-18/h4-12,17,20H,13-16H2,1-3H3,(H,25,26). The highest BCUT2D eigenvalue weighted by atomic mass is 16.5. The predicted octanol–water partition coefficient (Wildman–Crippen LogP) is 3.01. The molecule has 0 fully saturated rings. The summed E-state index contributed by atoms with van der Waals surface area (Å²) in [6.07, 6.45) is 0.411. The van der Waals surface area contributed by atoms with E-state index in [0.717, 1.165) is 5.75 Å². The molecule has 8 nitrogen and oxygen atoms in total. The lowest BCUT2D eigenvalue weighted by molar-refractivity contribution is -0.145. The van der Waals surface area contributed by atoms with E-state index in [4.69, 9.17) is 18.9 Å². The smallest absolute Gasteiger partial charge is 0.342 e. The van der Waals surface area contributed by atoms with E-state index >= 15 is 0 Å². The topological polar surface area (TPSA) is 100 Å². The van der Waals surface area contributed by atoms with E-state index in [-0.39, 0.29) is 18.1 Å². The molecule has 0 heterocycles. The van der Waals surface area contributed by atoms with Crippen molar-refractivity contribution in [3.05, 3.63) is 60.2 Å². The van der Waals surface area contributed by atoms with Gasteiger partial charge in [-0.3, -0.25) is 4.79 Å². The molecule has 0 aliphatic heterocycles. The number of amides is 1. The van der Waals surface area contributed by atoms with E-state index in [2.05, 4.69) is 5.32 Å². The third-order valence-corrected chi connectivity index (χ3v) is 4.32. The fraction of sp³-hybridized carbons (Fsp3) is 0.375. The number of para-hydroxylation sites is 2. The normalized spacial score (nSPS) is 11.4. The average molecular weight is 443 g/mol. The van der Waals surface area contributed by atoms with Crippen molar-refractivity contribution in [2.24, 2.45) is 5.92 Å². The highest BCUT2D eigenvalue weighted by Crippen LogP contribution is 2.19. The van der Waals surface area contributed by atoms with Crippen LogP contribution in [0.5, 0.6) is 11.5 Å². The molecule has 0 spiro atoms. The van der Waals surface area contributed by atoms with E-state index in [9.17, 15) is 14.4 Å². The Kier molecular flexibility index (Phi) is 10.0. The second kappa shape index (κ2) is 13.0. The van der Waals surface area contributed by atoms with Gasteiger partial charge in [0.1, 0.15) is 36.3 Å². The molecule has 1 amide bonds. The molecule has 2 aromatic rings. The second-order valence-electron chi connectivity index (χ2n) is 7.36. The number of rotatable bonds is 12. The molecule has 2 rings (SSSR count). The van der Waals surface area contributed by atoms with Gasteiger partial charge in [-0.05, 0) is 36.6 Å². The third kappa shape index (κ3) is 8.29. The number of nitrogens with one attached hydrogen (secondary N) is 1. The average Bonchev–Trinajstić information content (AvgIpc) is 2.80. The summed E-state index contributed by atoms with van der Waals surface area (Å²) in [5.74, 6) is -0.645. The Bertz CT molecular complexity index is 883. The molecule has 0 bridgehead atoms. The van der Waals surface area contributed by atoms with Gasteiger partial charge in [-0.15, -0.1) is 0 Å². The number of hydrogen-bond donors (Lipinski definition) is 1. The second-order valence-corrected chi connectivity index (χ2v) is 7.36. The number of esters is 2. The van der Waals surface area contributed by atoms with Crippen LogP contribution in [-0.4, -0.2) is 50.8 Å². The zero-order valence-corrected chi connectivity index (χ0v) is 18.5. The van der Waals surface area contributed by atoms with Crippen LogP contribution in [0.3, 0.4) is 0 Å². The first-order valence-electron chi connectivity index (χ1n) is 10.3. The zero-order valence-electron chi connectivity index (χ0n) is 18.5. The first-order valence-corrected chi connectivity index (χ1v) is 10.3. The van der Waals surface area contributed by atoms with Crippen LogP contribution >= 0.6 is 0 Å². The summed E-state index contributed by atoms with van der Waals surface area (Å²) in [6.45, 7) is 3.82. The van der Waals surface area contributed by atoms with Crippen molar-refractivity contribution in [1.29, 1.82) is 0 Å². The maximum Gasteiger partial charge on any atom is 0.342 e. The number of carbonyl (C=O) groups is 3. The van der Waals surface area contributed by atoms with Crippen molar-refractivity contribution in [3.63, 3.8) is 0 Å². The largest absolute Gasteiger partial charge is 0.490 e. The number of methoxy groups -OCH3 is 1. The van der Waals surface area contributed by atoms with Crippen molar-refractivity contribution in [1.82, 2.24) is 5.32 Å². The molecule has 172 valence electrons. The summed E-state index contributed by atoms with van der Waals surface area (Å²) in [4.78, 5) is 36.5. The third-order valence-electron chi connectivity index (χ3n) is 4.32. The predicted molar refractivity (Wildman–Crippen MR) is 118 cm³/mol. The molecule has 0 saturated carbocycles. The molecule has 1 unspecified atom stereocenters. The molecule has 1 N–H and O–H groups in total. The molecule has 0 saturated heterocycles. The highest BCUT2D eigenvalue weighted by molar-refractivity contribution is 5.94. The summed E-state index contributed by atoms with van der Waals surface area (Å²) in [5.41, 5.74) is 0.187. The molecular formula is C24H29NO7. The lowest BCUT2D eigenvalue weighted by Gasteiger charge is -2.18. The Morgan fingerprint density at radius 3 is 2.25 bits per heavy atom. The van der Waals surface area contributed by atoms with Crippen molar-refractivity contribution >= 4 is 17.8 Å². The first-order chi connectivity index (χ1) is 15.4. The van der Waals surface area contributed by atoms with Crippen LogP contribution in [0.25, 0.3) is 0 Å². The summed E-state index contributed by atoms with van der Waals surface area (Å²) >= 11 is 0. The van der Waals surface area contributed by atoms with Gasteiger partial charge in [0.25, 0.3) is 5.91 Å². The van der Waals surface area contributed by atoms with Gasteiger partial charge in [0.05, 0.1) is 7.11 Å². The van der Waals surface area contributed by atoms with Crippen LogP contribution in [-0.2, 0) is 19.1 Å². The Morgan fingerprint density at radius 2 is 1.56 bits per heavy atom. The molecule has 8 heteroatoms. The van der Waals surface area contributed by atoms with Gasteiger partial charge in [-0.25, -0.2) is 9.59 Å². The lowest BCUT2D eigenvalue weighted by atomic mass is 10.0. The Balaban J connectivity index is 1.86. The molecule has 0 aliphatic rings. The van der Waals surface area contributed by atoms with Crippen LogP contribution in [0.4, 0.5) is 0 Å². The molecule has 0 radical (unpaired) electrons. The molecule has 32 heavy (non-hydrogen) atoms. The maximum atomic E-state index is 12.5. The van der Waals surface area contributed by atoms with Gasteiger partial charge in [0.2, 0.25) is 0 Å². The van der Waals surface area contributed by atoms with Gasteiger partial charge in [-0.2, -0.15) is 0 Å². The minimum absolute atomic E-state index is 0.164. The minimum atomic E-state index is -0.800. The number of hydrogen-bond acceptors (Lipinski definition) is 7. The van der Waals surface area contributed by atoms with Crippen LogP contribution in [0, 0.1) is 5.92 Å². The van der Waals surface area contributed by atoms with E-state index in [1.54, 1.807) is 24.3 Å². The summed E-state index contributed by atoms with van der Waals surface area (Å²) in [5, 5.41) is 2.54. The van der Waals surface area contributed by atoms with Gasteiger partial charge in [0, 0.05) is 0 Å². The molecular weight excluding hydrogens is 414 g/mol. The molecule has 1 atom stereocenters. The fourth-order valence-electron chi connectivity index (χ4n) is 2.86. The van der Waals surface area contributed by atoms with Crippen LogP contribution < -0.4 is 14.8 Å². The molecule has 0 aromatic heterocycles. The zero-order chi connectivity index (χ0) is 23.3. The summed E-state index contributed by atoms with van der Waals surface area (Å²) < 4.78 is 21.0. The lowest BCUT2D eigenvalue weighted by Crippen LogP contribution is -2.44. The maximum absolute atomic E-state index is 12.5. The summed E-state index contributed by atoms with van der Waals surface area (Å²) in [7, 11) is 1.25. The molecule has 0 aliphatic carbocycles. The number of ether oxygens (including phenoxy) is 4. The quantitative estimate of drug-likeness (QED) is 0.398. The van der Waals surface area contributed by atoms with Crippen molar-refractivity contribution in [3.8, 4) is 11.5 Å². The van der Waals surface area contributed by atoms with E-state index in [0.29, 0.717) is 18.8 Å². The van der Waals surface area contributed by atoms with E-state index in [1.807, 2.05) is 44.2 Å². The van der Waals surface area contributed by atoms with Crippen LogP contribution in [0.1, 0.15) is 30.6 Å². The first kappa shape index (κ1) is 24.7. The van der Waals surface area contributed by atoms with Gasteiger partial charge in [-0.1, -0.05) is 44.2 Å². The minimum Gasteiger partial charge on any atom is -0.490 e. The van der Waals surface area contributed by atoms with Gasteiger partial charge >= 0.3 is 11.9 Å². The van der Waals surface area contributed by atoms with Gasteiger partial charge < -0.3 is 24.3 Å².